The van der Waals surface area contributed by atoms with Gasteiger partial charge in [-0.05, 0) is 20.3 Å². The van der Waals surface area contributed by atoms with Crippen LogP contribution in [0.5, 0.6) is 0 Å². The van der Waals surface area contributed by atoms with Crippen LogP contribution in [-0.4, -0.2) is 69.7 Å². The summed E-state index contributed by atoms with van der Waals surface area (Å²) < 4.78 is 16.4. The number of methoxy groups -OCH3 is 3. The van der Waals surface area contributed by atoms with E-state index in [0.29, 0.717) is 12.6 Å². The summed E-state index contributed by atoms with van der Waals surface area (Å²) in [7, 11) is 5.21. The standard InChI is InChI=1S/C13H28N2O3/c1-13(2,18-5)6-10(7-14)15-8-11(16-3)12(9-15)17-4/h10-12H,6-9,14H2,1-5H3. The summed E-state index contributed by atoms with van der Waals surface area (Å²) in [6.45, 7) is 6.55. The van der Waals surface area contributed by atoms with E-state index in [1.165, 1.54) is 0 Å². The van der Waals surface area contributed by atoms with E-state index in [1.807, 2.05) is 0 Å². The van der Waals surface area contributed by atoms with Crippen molar-refractivity contribution in [3.63, 3.8) is 0 Å². The maximum atomic E-state index is 5.91. The third-order valence-electron chi connectivity index (χ3n) is 3.92. The van der Waals surface area contributed by atoms with Gasteiger partial charge in [0.05, 0.1) is 17.8 Å². The maximum Gasteiger partial charge on any atom is 0.0971 e. The van der Waals surface area contributed by atoms with Crippen molar-refractivity contribution in [1.82, 2.24) is 4.90 Å². The molecule has 0 amide bonds. The van der Waals surface area contributed by atoms with E-state index in [0.717, 1.165) is 19.5 Å². The van der Waals surface area contributed by atoms with Gasteiger partial charge in [0.2, 0.25) is 0 Å². The molecule has 0 radical (unpaired) electrons. The van der Waals surface area contributed by atoms with Crippen LogP contribution >= 0.6 is 0 Å². The molecule has 5 nitrogen and oxygen atoms in total. The van der Waals surface area contributed by atoms with Crippen LogP contribution in [0.2, 0.25) is 0 Å². The highest BCUT2D eigenvalue weighted by Crippen LogP contribution is 2.24. The molecule has 0 aromatic rings. The van der Waals surface area contributed by atoms with Crippen LogP contribution < -0.4 is 5.73 Å². The van der Waals surface area contributed by atoms with Crippen LogP contribution in [-0.2, 0) is 14.2 Å². The SMILES string of the molecule is COC1CN(C(CN)CC(C)(C)OC)CC1OC. The summed E-state index contributed by atoms with van der Waals surface area (Å²) in [5.74, 6) is 0. The van der Waals surface area contributed by atoms with Gasteiger partial charge in [-0.1, -0.05) is 0 Å². The quantitative estimate of drug-likeness (QED) is 0.721. The molecule has 3 atom stereocenters. The smallest absolute Gasteiger partial charge is 0.0971 e. The number of likely N-dealkylation sites (tertiary alicyclic amines) is 1. The molecular formula is C13H28N2O3. The number of nitrogens with two attached hydrogens (primary N) is 1. The molecule has 1 heterocycles. The zero-order valence-electron chi connectivity index (χ0n) is 12.3. The van der Waals surface area contributed by atoms with E-state index in [-0.39, 0.29) is 17.8 Å². The summed E-state index contributed by atoms with van der Waals surface area (Å²) in [4.78, 5) is 2.35. The third kappa shape index (κ3) is 3.90. The van der Waals surface area contributed by atoms with Crippen LogP contribution in [0.3, 0.4) is 0 Å². The molecule has 0 aromatic carbocycles. The highest BCUT2D eigenvalue weighted by atomic mass is 16.5. The molecule has 5 heteroatoms. The van der Waals surface area contributed by atoms with Crippen LogP contribution in [0, 0.1) is 0 Å². The van der Waals surface area contributed by atoms with E-state index in [1.54, 1.807) is 21.3 Å². The predicted octanol–water partition coefficient (Wildman–Crippen LogP) is 0.474. The van der Waals surface area contributed by atoms with Gasteiger partial charge in [-0.25, -0.2) is 0 Å². The molecule has 0 aromatic heterocycles. The average Bonchev–Trinajstić information content (AvgIpc) is 2.79. The van der Waals surface area contributed by atoms with Crippen molar-refractivity contribution < 1.29 is 14.2 Å². The maximum absolute atomic E-state index is 5.91. The van der Waals surface area contributed by atoms with Crippen LogP contribution in [0.15, 0.2) is 0 Å². The molecule has 0 aliphatic carbocycles. The molecule has 1 aliphatic heterocycles. The molecular weight excluding hydrogens is 232 g/mol. The Balaban J connectivity index is 2.62. The Kier molecular flexibility index (Phi) is 6.01. The highest BCUT2D eigenvalue weighted by molar-refractivity contribution is 4.91. The Hall–Kier alpha value is -0.200. The number of hydrogen-bond donors (Lipinski definition) is 1. The van der Waals surface area contributed by atoms with Crippen molar-refractivity contribution in [2.45, 2.75) is 44.1 Å². The fourth-order valence-corrected chi connectivity index (χ4v) is 2.53. The first-order valence-corrected chi connectivity index (χ1v) is 6.52. The normalized spacial score (nSPS) is 27.7. The van der Waals surface area contributed by atoms with E-state index in [9.17, 15) is 0 Å². The first kappa shape index (κ1) is 15.9. The first-order chi connectivity index (χ1) is 8.47. The zero-order chi connectivity index (χ0) is 13.8. The van der Waals surface area contributed by atoms with Gasteiger partial charge in [-0.2, -0.15) is 0 Å². The highest BCUT2D eigenvalue weighted by Gasteiger charge is 2.37. The molecule has 3 unspecified atom stereocenters. The van der Waals surface area contributed by atoms with Gasteiger partial charge in [0, 0.05) is 47.0 Å². The molecule has 108 valence electrons. The van der Waals surface area contributed by atoms with Gasteiger partial charge < -0.3 is 19.9 Å². The zero-order valence-corrected chi connectivity index (χ0v) is 12.3. The van der Waals surface area contributed by atoms with Crippen molar-refractivity contribution in [3.05, 3.63) is 0 Å². The Morgan fingerprint density at radius 2 is 1.67 bits per heavy atom. The van der Waals surface area contributed by atoms with Crippen molar-refractivity contribution in [2.75, 3.05) is 41.0 Å². The molecule has 2 N–H and O–H groups in total. The molecule has 0 bridgehead atoms. The molecule has 18 heavy (non-hydrogen) atoms. The second-order valence-corrected chi connectivity index (χ2v) is 5.56. The van der Waals surface area contributed by atoms with Crippen molar-refractivity contribution in [3.8, 4) is 0 Å². The molecule has 0 saturated carbocycles. The van der Waals surface area contributed by atoms with Crippen molar-refractivity contribution in [2.24, 2.45) is 5.73 Å². The lowest BCUT2D eigenvalue weighted by atomic mass is 9.98. The van der Waals surface area contributed by atoms with E-state index in [2.05, 4.69) is 18.7 Å². The van der Waals surface area contributed by atoms with Crippen LogP contribution in [0.1, 0.15) is 20.3 Å². The van der Waals surface area contributed by atoms with Crippen molar-refractivity contribution in [1.29, 1.82) is 0 Å². The summed E-state index contributed by atoms with van der Waals surface area (Å²) in [5, 5.41) is 0. The molecule has 1 saturated heterocycles. The van der Waals surface area contributed by atoms with Gasteiger partial charge in [-0.3, -0.25) is 4.90 Å². The van der Waals surface area contributed by atoms with E-state index >= 15 is 0 Å². The number of nitrogens with zero attached hydrogens (tertiary/aromatic N) is 1. The largest absolute Gasteiger partial charge is 0.379 e. The lowest BCUT2D eigenvalue weighted by Crippen LogP contribution is -2.44. The van der Waals surface area contributed by atoms with Gasteiger partial charge in [0.1, 0.15) is 0 Å². The second kappa shape index (κ2) is 6.82. The predicted molar refractivity (Wildman–Crippen MR) is 71.7 cm³/mol. The average molecular weight is 260 g/mol. The van der Waals surface area contributed by atoms with Gasteiger partial charge in [0.25, 0.3) is 0 Å². The second-order valence-electron chi connectivity index (χ2n) is 5.56. The monoisotopic (exact) mass is 260 g/mol. The Morgan fingerprint density at radius 1 is 1.17 bits per heavy atom. The van der Waals surface area contributed by atoms with Gasteiger partial charge >= 0.3 is 0 Å². The Morgan fingerprint density at radius 3 is 2.00 bits per heavy atom. The van der Waals surface area contributed by atoms with Gasteiger partial charge in [0.15, 0.2) is 0 Å². The first-order valence-electron chi connectivity index (χ1n) is 6.52. The minimum atomic E-state index is -0.155. The molecule has 1 aliphatic rings. The lowest BCUT2D eigenvalue weighted by Gasteiger charge is -2.33. The minimum absolute atomic E-state index is 0.134. The topological polar surface area (TPSA) is 57.0 Å². The summed E-state index contributed by atoms with van der Waals surface area (Å²) >= 11 is 0. The Bertz CT molecular complexity index is 236. The number of rotatable bonds is 7. The lowest BCUT2D eigenvalue weighted by molar-refractivity contribution is -0.00682. The summed E-state index contributed by atoms with van der Waals surface area (Å²) in [6, 6.07) is 0.303. The van der Waals surface area contributed by atoms with E-state index < -0.39 is 0 Å². The molecule has 1 fully saturated rings. The number of ether oxygens (including phenoxy) is 3. The summed E-state index contributed by atoms with van der Waals surface area (Å²) in [6.07, 6.45) is 1.18. The molecule has 1 rings (SSSR count). The number of hydrogen-bond acceptors (Lipinski definition) is 5. The Labute approximate surface area is 111 Å². The fraction of sp³-hybridized carbons (Fsp3) is 1.00. The van der Waals surface area contributed by atoms with Gasteiger partial charge in [-0.15, -0.1) is 0 Å². The van der Waals surface area contributed by atoms with Crippen LogP contribution in [0.25, 0.3) is 0 Å². The fourth-order valence-electron chi connectivity index (χ4n) is 2.53. The van der Waals surface area contributed by atoms with E-state index in [4.69, 9.17) is 19.9 Å². The van der Waals surface area contributed by atoms with Crippen LogP contribution in [0.4, 0.5) is 0 Å². The third-order valence-corrected chi connectivity index (χ3v) is 3.92. The van der Waals surface area contributed by atoms with Crippen molar-refractivity contribution >= 4 is 0 Å². The minimum Gasteiger partial charge on any atom is -0.379 e. The summed E-state index contributed by atoms with van der Waals surface area (Å²) in [5.41, 5.74) is 5.75. The molecule has 0 spiro atoms.